The molecule has 4 unspecified atom stereocenters. The van der Waals surface area contributed by atoms with Crippen LogP contribution in [0.1, 0.15) is 83.5 Å². The summed E-state index contributed by atoms with van der Waals surface area (Å²) >= 11 is 0. The summed E-state index contributed by atoms with van der Waals surface area (Å²) in [6, 6.07) is 0. The zero-order chi connectivity index (χ0) is 17.5. The second-order valence-electron chi connectivity index (χ2n) is 8.44. The Balaban J connectivity index is 1.65. The molecule has 0 spiro atoms. The lowest BCUT2D eigenvalue weighted by Crippen LogP contribution is -2.28. The number of rotatable bonds is 5. The number of hydrogen-bond acceptors (Lipinski definition) is 4. The van der Waals surface area contributed by atoms with Crippen LogP contribution in [0, 0.1) is 17.8 Å². The maximum Gasteiger partial charge on any atom is 0.141 e. The van der Waals surface area contributed by atoms with Gasteiger partial charge in [0, 0.05) is 30.2 Å². The summed E-state index contributed by atoms with van der Waals surface area (Å²) in [6.45, 7) is 0. The number of hydrogen-bond donors (Lipinski definition) is 2. The van der Waals surface area contributed by atoms with Crippen molar-refractivity contribution in [3.8, 4) is 0 Å². The van der Waals surface area contributed by atoms with Crippen LogP contribution in [0.3, 0.4) is 0 Å². The van der Waals surface area contributed by atoms with Crippen LogP contribution in [0.4, 0.5) is 0 Å². The van der Waals surface area contributed by atoms with Gasteiger partial charge in [-0.1, -0.05) is 44.9 Å². The van der Waals surface area contributed by atoms with Crippen LogP contribution in [0.5, 0.6) is 0 Å². The maximum atomic E-state index is 10.2. The number of aliphatic hydroxyl groups excluding tert-OH is 2. The largest absolute Gasteiger partial charge is 0.392 e. The minimum Gasteiger partial charge on any atom is -0.392 e. The third kappa shape index (κ3) is 5.62. The van der Waals surface area contributed by atoms with E-state index >= 15 is 0 Å². The Bertz CT molecular complexity index is 413. The Hall–Kier alpha value is -0.740. The summed E-state index contributed by atoms with van der Waals surface area (Å²) in [5, 5.41) is 20.4. The predicted octanol–water partition coefficient (Wildman–Crippen LogP) is 4.14. The average Bonchev–Trinajstić information content (AvgIpc) is 2.65. The highest BCUT2D eigenvalue weighted by atomic mass is 16.3. The fourth-order valence-electron chi connectivity index (χ4n) is 4.74. The van der Waals surface area contributed by atoms with Crippen LogP contribution in [0.2, 0.25) is 0 Å². The summed E-state index contributed by atoms with van der Waals surface area (Å²) < 4.78 is 0. The van der Waals surface area contributed by atoms with Gasteiger partial charge >= 0.3 is 0 Å². The topological polar surface area (TPSA) is 65.2 Å². The average molecular weight is 349 g/mol. The lowest BCUT2D eigenvalue weighted by molar-refractivity contribution is 0.103. The van der Waals surface area contributed by atoms with Gasteiger partial charge in [-0.25, -0.2) is 0 Å². The van der Waals surface area contributed by atoms with Crippen molar-refractivity contribution in [2.75, 3.05) is 0 Å². The van der Waals surface area contributed by atoms with E-state index in [0.29, 0.717) is 5.92 Å². The molecule has 3 aliphatic carbocycles. The van der Waals surface area contributed by atoms with Gasteiger partial charge in [-0.3, -0.25) is 9.98 Å². The molecule has 142 valence electrons. The van der Waals surface area contributed by atoms with Crippen molar-refractivity contribution < 1.29 is 10.2 Å². The fraction of sp³-hybridized carbons (Fsp3) is 0.905. The minimum absolute atomic E-state index is 0.0106. The lowest BCUT2D eigenvalue weighted by atomic mass is 9.85. The summed E-state index contributed by atoms with van der Waals surface area (Å²) in [6.07, 6.45) is 18.4. The molecule has 0 amide bonds. The molecule has 0 aromatic rings. The zero-order valence-electron chi connectivity index (χ0n) is 15.6. The zero-order valence-corrected chi connectivity index (χ0v) is 15.6. The molecule has 0 radical (unpaired) electrons. The molecule has 3 fully saturated rings. The van der Waals surface area contributed by atoms with Gasteiger partial charge in [0.1, 0.15) is 6.17 Å². The standard InChI is InChI=1S/C21H36N2O2/c24-19-12-6-4-10-17(19)14-22-21(16-8-2-1-3-9-16)23-15-18-11-5-7-13-20(18)25/h14-21,24-25H,1-13H2. The molecule has 2 N–H and O–H groups in total. The minimum atomic E-state index is -0.228. The molecule has 4 atom stereocenters. The van der Waals surface area contributed by atoms with Crippen molar-refractivity contribution in [3.05, 3.63) is 0 Å². The highest BCUT2D eigenvalue weighted by Crippen LogP contribution is 2.30. The van der Waals surface area contributed by atoms with E-state index in [4.69, 9.17) is 9.98 Å². The molecule has 4 heteroatoms. The van der Waals surface area contributed by atoms with Gasteiger partial charge in [-0.15, -0.1) is 0 Å². The van der Waals surface area contributed by atoms with E-state index in [-0.39, 0.29) is 30.2 Å². The lowest BCUT2D eigenvalue weighted by Gasteiger charge is -2.28. The van der Waals surface area contributed by atoms with Gasteiger partial charge in [0.2, 0.25) is 0 Å². The SMILES string of the molecule is OC1CCCCC1C=NC(N=CC1CCCCC1O)C1CCCCC1. The first kappa shape index (κ1) is 19.0. The first-order chi connectivity index (χ1) is 12.2. The van der Waals surface area contributed by atoms with Crippen molar-refractivity contribution in [3.63, 3.8) is 0 Å². The molecule has 4 nitrogen and oxygen atoms in total. The summed E-state index contributed by atoms with van der Waals surface area (Å²) in [5.41, 5.74) is 0. The molecule has 0 aromatic carbocycles. The third-order valence-corrected chi connectivity index (χ3v) is 6.50. The second kappa shape index (κ2) is 9.82. The maximum absolute atomic E-state index is 10.2. The molecule has 25 heavy (non-hydrogen) atoms. The van der Waals surface area contributed by atoms with Crippen LogP contribution in [-0.2, 0) is 0 Å². The van der Waals surface area contributed by atoms with Crippen molar-refractivity contribution in [1.29, 1.82) is 0 Å². The van der Waals surface area contributed by atoms with E-state index in [9.17, 15) is 10.2 Å². The van der Waals surface area contributed by atoms with Crippen LogP contribution in [-0.4, -0.2) is 41.0 Å². The summed E-state index contributed by atoms with van der Waals surface area (Å²) in [7, 11) is 0. The van der Waals surface area contributed by atoms with Crippen LogP contribution in [0.15, 0.2) is 9.98 Å². The smallest absolute Gasteiger partial charge is 0.141 e. The Morgan fingerprint density at radius 2 is 1.04 bits per heavy atom. The van der Waals surface area contributed by atoms with Gasteiger partial charge < -0.3 is 10.2 Å². The quantitative estimate of drug-likeness (QED) is 0.734. The second-order valence-corrected chi connectivity index (χ2v) is 8.44. The van der Waals surface area contributed by atoms with Crippen LogP contribution in [0.25, 0.3) is 0 Å². The van der Waals surface area contributed by atoms with Crippen LogP contribution < -0.4 is 0 Å². The Morgan fingerprint density at radius 3 is 1.52 bits per heavy atom. The van der Waals surface area contributed by atoms with E-state index < -0.39 is 0 Å². The van der Waals surface area contributed by atoms with Crippen molar-refractivity contribution in [2.24, 2.45) is 27.7 Å². The van der Waals surface area contributed by atoms with Crippen molar-refractivity contribution in [2.45, 2.75) is 102 Å². The summed E-state index contributed by atoms with van der Waals surface area (Å²) in [5.74, 6) is 0.938. The molecule has 0 aliphatic heterocycles. The van der Waals surface area contributed by atoms with Gasteiger partial charge in [0.25, 0.3) is 0 Å². The molecule has 0 saturated heterocycles. The number of aliphatic imine (C=N–C) groups is 2. The van der Waals surface area contributed by atoms with Gasteiger partial charge in [-0.2, -0.15) is 0 Å². The normalized spacial score (nSPS) is 36.9. The van der Waals surface area contributed by atoms with Crippen molar-refractivity contribution in [1.82, 2.24) is 0 Å². The first-order valence-electron chi connectivity index (χ1n) is 10.7. The van der Waals surface area contributed by atoms with E-state index in [0.717, 1.165) is 38.5 Å². The van der Waals surface area contributed by atoms with E-state index in [1.807, 2.05) is 12.4 Å². The molecular formula is C21H36N2O2. The van der Waals surface area contributed by atoms with Gasteiger partial charge in [0.15, 0.2) is 0 Å². The first-order valence-corrected chi connectivity index (χ1v) is 10.7. The van der Waals surface area contributed by atoms with Gasteiger partial charge in [-0.05, 0) is 38.5 Å². The highest BCUT2D eigenvalue weighted by Gasteiger charge is 2.26. The molecule has 3 rings (SSSR count). The third-order valence-electron chi connectivity index (χ3n) is 6.50. The molecular weight excluding hydrogens is 312 g/mol. The molecule has 3 saturated carbocycles. The van der Waals surface area contributed by atoms with Crippen LogP contribution >= 0.6 is 0 Å². The Kier molecular flexibility index (Phi) is 7.48. The number of aliphatic hydroxyl groups is 2. The number of nitrogens with zero attached hydrogens (tertiary/aromatic N) is 2. The monoisotopic (exact) mass is 348 g/mol. The molecule has 0 heterocycles. The van der Waals surface area contributed by atoms with Gasteiger partial charge in [0.05, 0.1) is 12.2 Å². The van der Waals surface area contributed by atoms with E-state index in [2.05, 4.69) is 0 Å². The highest BCUT2D eigenvalue weighted by molar-refractivity contribution is 5.64. The molecule has 0 bridgehead atoms. The predicted molar refractivity (Wildman–Crippen MR) is 103 cm³/mol. The fourth-order valence-corrected chi connectivity index (χ4v) is 4.74. The van der Waals surface area contributed by atoms with E-state index in [1.165, 1.54) is 44.9 Å². The molecule has 3 aliphatic rings. The Labute approximate surface area is 152 Å². The summed E-state index contributed by atoms with van der Waals surface area (Å²) in [4.78, 5) is 9.73. The molecule has 0 aromatic heterocycles. The van der Waals surface area contributed by atoms with E-state index in [1.54, 1.807) is 0 Å². The Morgan fingerprint density at radius 1 is 0.600 bits per heavy atom. The van der Waals surface area contributed by atoms with Crippen molar-refractivity contribution >= 4 is 12.4 Å².